The van der Waals surface area contributed by atoms with Gasteiger partial charge in [0.2, 0.25) is 0 Å². The summed E-state index contributed by atoms with van der Waals surface area (Å²) in [6.07, 6.45) is -4.57. The highest BCUT2D eigenvalue weighted by Gasteiger charge is 2.47. The van der Waals surface area contributed by atoms with E-state index in [9.17, 15) is 10.2 Å². The Kier molecular flexibility index (Phi) is 3.03. The normalized spacial score (nSPS) is 30.4. The van der Waals surface area contributed by atoms with E-state index in [1.807, 2.05) is 0 Å². The molecule has 0 bridgehead atoms. The molecule has 1 saturated heterocycles. The Hall–Kier alpha value is -1.85. The summed E-state index contributed by atoms with van der Waals surface area (Å²) in [5.74, 6) is 0.167. The maximum atomic E-state index is 9.96. The van der Waals surface area contributed by atoms with Crippen molar-refractivity contribution in [3.8, 4) is 0 Å². The van der Waals surface area contributed by atoms with E-state index >= 15 is 0 Å². The van der Waals surface area contributed by atoms with Gasteiger partial charge in [-0.1, -0.05) is 0 Å². The van der Waals surface area contributed by atoms with Crippen molar-refractivity contribution >= 4 is 17.0 Å². The Balaban J connectivity index is 2.02. The van der Waals surface area contributed by atoms with Crippen LogP contribution in [0.2, 0.25) is 0 Å². The molecule has 10 nitrogen and oxygen atoms in total. The number of aromatic nitrogens is 4. The van der Waals surface area contributed by atoms with Gasteiger partial charge in [0.15, 0.2) is 24.0 Å². The zero-order chi connectivity index (χ0) is 14.4. The molecule has 0 radical (unpaired) electrons. The zero-order valence-corrected chi connectivity index (χ0v) is 10.1. The largest absolute Gasteiger partial charge is 0.387 e. The number of ether oxygens (including phenoxy) is 1. The molecule has 2 aromatic heterocycles. The molecular weight excluding hydrogens is 270 g/mol. The highest BCUT2D eigenvalue weighted by Crippen LogP contribution is 2.32. The van der Waals surface area contributed by atoms with Crippen molar-refractivity contribution in [2.45, 2.75) is 30.8 Å². The Bertz CT molecular complexity index is 632. The fraction of sp³-hybridized carbons (Fsp3) is 0.500. The predicted molar refractivity (Wildman–Crippen MR) is 63.9 cm³/mol. The first-order chi connectivity index (χ1) is 9.50. The van der Waals surface area contributed by atoms with Gasteiger partial charge in [0.05, 0.1) is 6.33 Å². The van der Waals surface area contributed by atoms with Crippen molar-refractivity contribution < 1.29 is 25.2 Å². The lowest BCUT2D eigenvalue weighted by molar-refractivity contribution is -0.167. The molecule has 0 saturated carbocycles. The third kappa shape index (κ3) is 1.82. The van der Waals surface area contributed by atoms with Crippen LogP contribution in [0.4, 0.5) is 5.82 Å². The topological polar surface area (TPSA) is 160 Å². The molecule has 1 aliphatic heterocycles. The van der Waals surface area contributed by atoms with Gasteiger partial charge in [0.1, 0.15) is 30.2 Å². The van der Waals surface area contributed by atoms with Crippen LogP contribution in [-0.2, 0) is 4.74 Å². The number of aliphatic hydroxyl groups is 4. The number of nitrogen functional groups attached to an aromatic ring is 1. The number of rotatable bonds is 2. The molecule has 2 aromatic rings. The summed E-state index contributed by atoms with van der Waals surface area (Å²) in [6.45, 7) is 0. The van der Waals surface area contributed by atoms with Gasteiger partial charge in [-0.25, -0.2) is 15.0 Å². The monoisotopic (exact) mass is 283 g/mol. The van der Waals surface area contributed by atoms with Gasteiger partial charge < -0.3 is 30.9 Å². The highest BCUT2D eigenvalue weighted by atomic mass is 16.6. The summed E-state index contributed by atoms with van der Waals surface area (Å²) in [5, 5.41) is 37.9. The number of hydrogen-bond donors (Lipinski definition) is 5. The minimum atomic E-state index is -1.92. The molecule has 0 amide bonds. The molecule has 10 heteroatoms. The standard InChI is InChI=1S/C10H13N5O5/c11-7-3-8(13-1-12-7)15(2-14-3)9-5(17)4(16)6(20-9)10(18)19/h1-2,4-6,9-10,16-19H,(H2,11,12,13)/t4-,5-,6-,9?/m0/s1. The van der Waals surface area contributed by atoms with Gasteiger partial charge >= 0.3 is 0 Å². The third-order valence-electron chi connectivity index (χ3n) is 3.23. The predicted octanol–water partition coefficient (Wildman–Crippen LogP) is -2.66. The molecule has 1 fully saturated rings. The average Bonchev–Trinajstić information content (AvgIpc) is 2.94. The number of aliphatic hydroxyl groups excluding tert-OH is 3. The van der Waals surface area contributed by atoms with Crippen LogP contribution in [0.25, 0.3) is 11.2 Å². The van der Waals surface area contributed by atoms with E-state index in [1.165, 1.54) is 17.2 Å². The molecule has 1 unspecified atom stereocenters. The molecule has 0 spiro atoms. The molecule has 6 N–H and O–H groups in total. The quantitative estimate of drug-likeness (QED) is 0.370. The van der Waals surface area contributed by atoms with Gasteiger partial charge in [-0.15, -0.1) is 0 Å². The van der Waals surface area contributed by atoms with Crippen LogP contribution in [-0.4, -0.2) is 64.5 Å². The Morgan fingerprint density at radius 3 is 2.60 bits per heavy atom. The van der Waals surface area contributed by atoms with E-state index in [4.69, 9.17) is 20.7 Å². The molecule has 3 heterocycles. The van der Waals surface area contributed by atoms with Crippen molar-refractivity contribution in [3.05, 3.63) is 12.7 Å². The van der Waals surface area contributed by atoms with E-state index < -0.39 is 30.8 Å². The second-order valence-electron chi connectivity index (χ2n) is 4.47. The first-order valence-corrected chi connectivity index (χ1v) is 5.81. The van der Waals surface area contributed by atoms with Crippen LogP contribution in [0.3, 0.4) is 0 Å². The first kappa shape index (κ1) is 13.1. The van der Waals surface area contributed by atoms with Crippen LogP contribution in [0, 0.1) is 0 Å². The Labute approximate surface area is 112 Å². The van der Waals surface area contributed by atoms with Crippen molar-refractivity contribution in [1.29, 1.82) is 0 Å². The van der Waals surface area contributed by atoms with Crippen LogP contribution in [0.15, 0.2) is 12.7 Å². The van der Waals surface area contributed by atoms with Gasteiger partial charge in [-0.05, 0) is 0 Å². The number of hydrogen-bond acceptors (Lipinski definition) is 9. The van der Waals surface area contributed by atoms with Gasteiger partial charge in [0, 0.05) is 0 Å². The number of nitrogens with two attached hydrogens (primary N) is 1. The molecule has 0 aliphatic carbocycles. The SMILES string of the molecule is Nc1ncnc2c1ncn2C1O[C@H](C(O)O)[C@@H](O)[C@@H]1O. The molecular formula is C10H13N5O5. The van der Waals surface area contributed by atoms with Gasteiger partial charge in [0.25, 0.3) is 0 Å². The zero-order valence-electron chi connectivity index (χ0n) is 10.1. The second-order valence-corrected chi connectivity index (χ2v) is 4.47. The summed E-state index contributed by atoms with van der Waals surface area (Å²) in [6, 6.07) is 0. The maximum Gasteiger partial charge on any atom is 0.181 e. The Morgan fingerprint density at radius 2 is 1.95 bits per heavy atom. The average molecular weight is 283 g/mol. The van der Waals surface area contributed by atoms with Crippen molar-refractivity contribution in [3.63, 3.8) is 0 Å². The summed E-state index contributed by atoms with van der Waals surface area (Å²) < 4.78 is 6.61. The van der Waals surface area contributed by atoms with Crippen LogP contribution >= 0.6 is 0 Å². The number of anilines is 1. The summed E-state index contributed by atoms with van der Waals surface area (Å²) in [4.78, 5) is 11.8. The fourth-order valence-corrected chi connectivity index (χ4v) is 2.22. The summed E-state index contributed by atoms with van der Waals surface area (Å²) >= 11 is 0. The molecule has 0 aromatic carbocycles. The molecule has 4 atom stereocenters. The lowest BCUT2D eigenvalue weighted by Crippen LogP contribution is -2.38. The lowest BCUT2D eigenvalue weighted by atomic mass is 10.1. The number of fused-ring (bicyclic) bond motifs is 1. The maximum absolute atomic E-state index is 9.96. The minimum Gasteiger partial charge on any atom is -0.387 e. The molecule has 108 valence electrons. The van der Waals surface area contributed by atoms with Crippen LogP contribution in [0.1, 0.15) is 6.23 Å². The third-order valence-corrected chi connectivity index (χ3v) is 3.23. The van der Waals surface area contributed by atoms with E-state index in [1.54, 1.807) is 0 Å². The minimum absolute atomic E-state index is 0.167. The summed E-state index contributed by atoms with van der Waals surface area (Å²) in [7, 11) is 0. The molecule has 3 rings (SSSR count). The Morgan fingerprint density at radius 1 is 1.20 bits per heavy atom. The first-order valence-electron chi connectivity index (χ1n) is 5.81. The lowest BCUT2D eigenvalue weighted by Gasteiger charge is -2.16. The molecule has 20 heavy (non-hydrogen) atoms. The summed E-state index contributed by atoms with van der Waals surface area (Å²) in [5.41, 5.74) is 6.28. The number of imidazole rings is 1. The highest BCUT2D eigenvalue weighted by molar-refractivity contribution is 5.81. The van der Waals surface area contributed by atoms with Crippen LogP contribution in [0.5, 0.6) is 0 Å². The van der Waals surface area contributed by atoms with Crippen molar-refractivity contribution in [1.82, 2.24) is 19.5 Å². The van der Waals surface area contributed by atoms with Crippen LogP contribution < -0.4 is 5.73 Å². The van der Waals surface area contributed by atoms with E-state index in [0.29, 0.717) is 11.2 Å². The van der Waals surface area contributed by atoms with E-state index in [-0.39, 0.29) is 5.82 Å². The van der Waals surface area contributed by atoms with Gasteiger partial charge in [-0.3, -0.25) is 4.57 Å². The fourth-order valence-electron chi connectivity index (χ4n) is 2.22. The molecule has 1 aliphatic rings. The van der Waals surface area contributed by atoms with Crippen molar-refractivity contribution in [2.24, 2.45) is 0 Å². The second kappa shape index (κ2) is 4.61. The number of nitrogens with zero attached hydrogens (tertiary/aromatic N) is 4. The van der Waals surface area contributed by atoms with Crippen molar-refractivity contribution in [2.75, 3.05) is 5.73 Å². The van der Waals surface area contributed by atoms with E-state index in [0.717, 1.165) is 0 Å². The smallest absolute Gasteiger partial charge is 0.181 e. The van der Waals surface area contributed by atoms with E-state index in [2.05, 4.69) is 15.0 Å². The van der Waals surface area contributed by atoms with Gasteiger partial charge in [-0.2, -0.15) is 0 Å².